The second kappa shape index (κ2) is 4.08. The minimum atomic E-state index is -0.995. The van der Waals surface area contributed by atoms with E-state index in [-0.39, 0.29) is 0 Å². The van der Waals surface area contributed by atoms with Gasteiger partial charge < -0.3 is 15.4 Å². The van der Waals surface area contributed by atoms with Gasteiger partial charge in [-0.1, -0.05) is 0 Å². The van der Waals surface area contributed by atoms with Crippen LogP contribution in [0.4, 0.5) is 0 Å². The Balaban J connectivity index is 2.21. The lowest BCUT2D eigenvalue weighted by atomic mass is 10.0. The van der Waals surface area contributed by atoms with Gasteiger partial charge in [-0.25, -0.2) is 0 Å². The topological polar surface area (TPSA) is 71.5 Å². The van der Waals surface area contributed by atoms with Crippen molar-refractivity contribution in [2.45, 2.75) is 19.1 Å². The van der Waals surface area contributed by atoms with Crippen molar-refractivity contribution in [3.8, 4) is 0 Å². The summed E-state index contributed by atoms with van der Waals surface area (Å²) < 4.78 is 1.95. The molecule has 5 heteroatoms. The van der Waals surface area contributed by atoms with Crippen molar-refractivity contribution in [3.63, 3.8) is 0 Å². The number of nitrogens with two attached hydrogens (primary N) is 1. The summed E-state index contributed by atoms with van der Waals surface area (Å²) in [4.78, 5) is 13.3. The van der Waals surface area contributed by atoms with Crippen LogP contribution in [0, 0.1) is 0 Å². The third-order valence-corrected chi connectivity index (χ3v) is 3.82. The molecule has 0 bridgehead atoms. The number of hydrogen-bond acceptors (Lipinski definition) is 3. The summed E-state index contributed by atoms with van der Waals surface area (Å²) in [5, 5.41) is 10.0. The molecule has 0 aliphatic carbocycles. The molecule has 1 unspecified atom stereocenters. The highest BCUT2D eigenvalue weighted by atomic mass is 16.4. The monoisotopic (exact) mass is 259 g/mol. The Hall–Kier alpha value is -1.85. The second-order valence-corrected chi connectivity index (χ2v) is 5.32. The van der Waals surface area contributed by atoms with E-state index in [1.165, 1.54) is 11.1 Å². The van der Waals surface area contributed by atoms with E-state index in [4.69, 9.17) is 10.8 Å². The number of nitrogens with zero attached hydrogens (tertiary/aromatic N) is 2. The van der Waals surface area contributed by atoms with E-state index >= 15 is 0 Å². The highest BCUT2D eigenvalue weighted by molar-refractivity contribution is 5.90. The van der Waals surface area contributed by atoms with E-state index < -0.39 is 12.0 Å². The number of carbonyl (C=O) groups is 1. The van der Waals surface area contributed by atoms with Crippen LogP contribution < -0.4 is 5.73 Å². The minimum Gasteiger partial charge on any atom is -0.480 e. The molecule has 0 saturated heterocycles. The average molecular weight is 259 g/mol. The van der Waals surface area contributed by atoms with Crippen LogP contribution in [0.1, 0.15) is 22.7 Å². The Morgan fingerprint density at radius 3 is 2.58 bits per heavy atom. The first kappa shape index (κ1) is 12.2. The Bertz CT molecular complexity index is 675. The van der Waals surface area contributed by atoms with Crippen LogP contribution in [0.3, 0.4) is 0 Å². The van der Waals surface area contributed by atoms with Gasteiger partial charge in [0.2, 0.25) is 0 Å². The van der Waals surface area contributed by atoms with Crippen molar-refractivity contribution in [3.05, 3.63) is 35.0 Å². The van der Waals surface area contributed by atoms with Crippen LogP contribution in [-0.4, -0.2) is 27.6 Å². The molecule has 100 valence electrons. The van der Waals surface area contributed by atoms with Crippen LogP contribution >= 0.6 is 0 Å². The third kappa shape index (κ3) is 1.82. The molecular weight excluding hydrogens is 242 g/mol. The Morgan fingerprint density at radius 1 is 1.32 bits per heavy atom. The number of aryl methyl sites for hydroxylation is 1. The fraction of sp³-hybridized carbons (Fsp3) is 0.357. The molecule has 2 heterocycles. The molecule has 1 aromatic heterocycles. The smallest absolute Gasteiger partial charge is 0.325 e. The average Bonchev–Trinajstić information content (AvgIpc) is 2.85. The summed E-state index contributed by atoms with van der Waals surface area (Å²) >= 11 is 0. The lowest BCUT2D eigenvalue weighted by Crippen LogP contribution is -2.20. The molecule has 19 heavy (non-hydrogen) atoms. The van der Waals surface area contributed by atoms with E-state index in [1.54, 1.807) is 0 Å². The summed E-state index contributed by atoms with van der Waals surface area (Å²) in [7, 11) is 4.00. The summed E-state index contributed by atoms with van der Waals surface area (Å²) in [5.74, 6) is -0.995. The maximum atomic E-state index is 11.1. The van der Waals surface area contributed by atoms with Gasteiger partial charge in [0.05, 0.1) is 0 Å². The molecule has 0 spiro atoms. The first-order valence-corrected chi connectivity index (χ1v) is 6.25. The van der Waals surface area contributed by atoms with Crippen molar-refractivity contribution in [1.82, 2.24) is 9.47 Å². The van der Waals surface area contributed by atoms with Gasteiger partial charge in [-0.15, -0.1) is 0 Å². The lowest BCUT2D eigenvalue weighted by Gasteiger charge is -2.05. The van der Waals surface area contributed by atoms with Crippen molar-refractivity contribution < 1.29 is 9.90 Å². The molecule has 0 radical (unpaired) electrons. The number of rotatable bonds is 2. The van der Waals surface area contributed by atoms with E-state index in [1.807, 2.05) is 17.8 Å². The quantitative estimate of drug-likeness (QED) is 0.850. The number of aliphatic carboxylic acids is 1. The van der Waals surface area contributed by atoms with Gasteiger partial charge in [-0.2, -0.15) is 0 Å². The zero-order valence-electron chi connectivity index (χ0n) is 11.1. The molecule has 0 saturated carbocycles. The Kier molecular flexibility index (Phi) is 2.62. The maximum Gasteiger partial charge on any atom is 0.325 e. The molecule has 1 atom stereocenters. The van der Waals surface area contributed by atoms with Crippen molar-refractivity contribution in [2.75, 3.05) is 7.05 Å². The zero-order valence-corrected chi connectivity index (χ0v) is 11.1. The standard InChI is InChI=1S/C14H17N3O2/c1-16-5-8-3-10-11(13(15)14(18)19)7-17(2)12(10)4-9(8)6-16/h3-4,7,13H,5-6,15H2,1-2H3,(H,18,19). The molecular formula is C14H17N3O2. The van der Waals surface area contributed by atoms with Crippen molar-refractivity contribution in [2.24, 2.45) is 12.8 Å². The number of carboxylic acids is 1. The van der Waals surface area contributed by atoms with Gasteiger partial charge in [0.1, 0.15) is 6.04 Å². The van der Waals surface area contributed by atoms with E-state index in [2.05, 4.69) is 24.1 Å². The highest BCUT2D eigenvalue weighted by Crippen LogP contribution is 2.31. The van der Waals surface area contributed by atoms with Crippen LogP contribution in [0.2, 0.25) is 0 Å². The molecule has 0 amide bonds. The SMILES string of the molecule is CN1Cc2cc3c(C(N)C(=O)O)cn(C)c3cc2C1. The highest BCUT2D eigenvalue weighted by Gasteiger charge is 2.23. The summed E-state index contributed by atoms with van der Waals surface area (Å²) in [6.07, 6.45) is 1.82. The molecule has 5 nitrogen and oxygen atoms in total. The number of aromatic nitrogens is 1. The Morgan fingerprint density at radius 2 is 1.95 bits per heavy atom. The van der Waals surface area contributed by atoms with Crippen LogP contribution in [0.15, 0.2) is 18.3 Å². The molecule has 3 N–H and O–H groups in total. The molecule has 1 aromatic carbocycles. The number of fused-ring (bicyclic) bond motifs is 2. The normalized spacial score (nSPS) is 16.8. The molecule has 1 aliphatic rings. The largest absolute Gasteiger partial charge is 0.480 e. The van der Waals surface area contributed by atoms with Gasteiger partial charge in [-0.05, 0) is 30.3 Å². The number of carboxylic acid groups (broad SMARTS) is 1. The predicted molar refractivity (Wildman–Crippen MR) is 72.7 cm³/mol. The predicted octanol–water partition coefficient (Wildman–Crippen LogP) is 1.21. The summed E-state index contributed by atoms with van der Waals surface area (Å²) in [6, 6.07) is 3.26. The fourth-order valence-corrected chi connectivity index (χ4v) is 2.86. The molecule has 2 aromatic rings. The second-order valence-electron chi connectivity index (χ2n) is 5.32. The van der Waals surface area contributed by atoms with Crippen LogP contribution in [0.5, 0.6) is 0 Å². The summed E-state index contributed by atoms with van der Waals surface area (Å²) in [6.45, 7) is 1.85. The summed E-state index contributed by atoms with van der Waals surface area (Å²) in [5.41, 5.74) is 10.1. The minimum absolute atomic E-state index is 0.683. The Labute approximate surface area is 111 Å². The van der Waals surface area contributed by atoms with Crippen LogP contribution in [-0.2, 0) is 24.9 Å². The molecule has 0 fully saturated rings. The van der Waals surface area contributed by atoms with Gasteiger partial charge >= 0.3 is 5.97 Å². The number of benzene rings is 1. The number of hydrogen-bond donors (Lipinski definition) is 2. The van der Waals surface area contributed by atoms with Gasteiger partial charge in [0.25, 0.3) is 0 Å². The van der Waals surface area contributed by atoms with E-state index in [0.717, 1.165) is 24.0 Å². The van der Waals surface area contributed by atoms with Gasteiger partial charge in [0.15, 0.2) is 0 Å². The molecule has 3 rings (SSSR count). The first-order chi connectivity index (χ1) is 8.97. The lowest BCUT2D eigenvalue weighted by molar-refractivity contribution is -0.138. The van der Waals surface area contributed by atoms with Crippen molar-refractivity contribution in [1.29, 1.82) is 0 Å². The maximum absolute atomic E-state index is 11.1. The fourth-order valence-electron chi connectivity index (χ4n) is 2.86. The first-order valence-electron chi connectivity index (χ1n) is 6.25. The van der Waals surface area contributed by atoms with Crippen LogP contribution in [0.25, 0.3) is 10.9 Å². The van der Waals surface area contributed by atoms with Gasteiger partial charge in [0, 0.05) is 42.8 Å². The van der Waals surface area contributed by atoms with E-state index in [0.29, 0.717) is 5.56 Å². The van der Waals surface area contributed by atoms with Gasteiger partial charge in [-0.3, -0.25) is 9.69 Å². The third-order valence-electron chi connectivity index (χ3n) is 3.82. The van der Waals surface area contributed by atoms with E-state index in [9.17, 15) is 4.79 Å². The molecule has 1 aliphatic heterocycles. The zero-order chi connectivity index (χ0) is 13.7. The van der Waals surface area contributed by atoms with Crippen molar-refractivity contribution >= 4 is 16.9 Å².